The van der Waals surface area contributed by atoms with E-state index in [1.807, 2.05) is 6.92 Å². The van der Waals surface area contributed by atoms with E-state index in [1.165, 1.54) is 11.4 Å². The Balaban J connectivity index is 2.52. The minimum absolute atomic E-state index is 0.0592. The summed E-state index contributed by atoms with van der Waals surface area (Å²) in [5.74, 6) is -0.399. The van der Waals surface area contributed by atoms with Gasteiger partial charge in [-0.1, -0.05) is 6.92 Å². The maximum Gasteiger partial charge on any atom is 0.306 e. The van der Waals surface area contributed by atoms with Crippen LogP contribution in [0.25, 0.3) is 0 Å². The predicted octanol–water partition coefficient (Wildman–Crippen LogP) is 0.214. The fourth-order valence-corrected chi connectivity index (χ4v) is 3.82. The molecule has 7 nitrogen and oxygen atoms in total. The van der Waals surface area contributed by atoms with E-state index in [0.29, 0.717) is 39.0 Å². The number of amides is 1. The number of rotatable bonds is 6. The Morgan fingerprint density at radius 1 is 1.10 bits per heavy atom. The van der Waals surface area contributed by atoms with Crippen LogP contribution in [-0.2, 0) is 24.3 Å². The molecule has 122 valence electrons. The topological polar surface area (TPSA) is 84.0 Å². The lowest BCUT2D eigenvalue weighted by Crippen LogP contribution is -2.38. The van der Waals surface area contributed by atoms with Crippen LogP contribution in [0.4, 0.5) is 0 Å². The van der Waals surface area contributed by atoms with Crippen molar-refractivity contribution in [1.29, 1.82) is 0 Å². The van der Waals surface area contributed by atoms with Crippen LogP contribution in [0.5, 0.6) is 0 Å². The maximum atomic E-state index is 12.0. The summed E-state index contributed by atoms with van der Waals surface area (Å²) in [7, 11) is -1.93. The van der Waals surface area contributed by atoms with E-state index in [4.69, 9.17) is 0 Å². The molecular formula is C13H24N2O5S. The normalized spacial score (nSPS) is 17.3. The van der Waals surface area contributed by atoms with Crippen LogP contribution in [0.3, 0.4) is 0 Å². The standard InChI is InChI=1S/C13H24N2O5S/c1-3-11-21(18,19)15-8-4-7-14(9-10-15)12(16)5-6-13(17)20-2/h3-11H2,1-2H3. The van der Waals surface area contributed by atoms with Crippen molar-refractivity contribution in [2.24, 2.45) is 0 Å². The van der Waals surface area contributed by atoms with E-state index >= 15 is 0 Å². The summed E-state index contributed by atoms with van der Waals surface area (Å²) in [6.45, 7) is 3.51. The second-order valence-electron chi connectivity index (χ2n) is 5.03. The van der Waals surface area contributed by atoms with Crippen LogP contribution in [0.2, 0.25) is 0 Å². The third-order valence-corrected chi connectivity index (χ3v) is 5.51. The van der Waals surface area contributed by atoms with E-state index in [-0.39, 0.29) is 24.5 Å². The summed E-state index contributed by atoms with van der Waals surface area (Å²) >= 11 is 0. The molecule has 1 aliphatic heterocycles. The minimum Gasteiger partial charge on any atom is -0.469 e. The Morgan fingerprint density at radius 2 is 1.81 bits per heavy atom. The number of carbonyl (C=O) groups is 2. The van der Waals surface area contributed by atoms with Gasteiger partial charge in [-0.3, -0.25) is 9.59 Å². The Labute approximate surface area is 126 Å². The zero-order valence-corrected chi connectivity index (χ0v) is 13.5. The van der Waals surface area contributed by atoms with Gasteiger partial charge in [-0.15, -0.1) is 0 Å². The van der Waals surface area contributed by atoms with Gasteiger partial charge in [-0.2, -0.15) is 0 Å². The number of hydrogen-bond acceptors (Lipinski definition) is 5. The summed E-state index contributed by atoms with van der Waals surface area (Å²) in [5.41, 5.74) is 0. The molecule has 21 heavy (non-hydrogen) atoms. The zero-order chi connectivity index (χ0) is 15.9. The van der Waals surface area contributed by atoms with Crippen LogP contribution in [0.15, 0.2) is 0 Å². The first kappa shape index (κ1) is 17.9. The Hall–Kier alpha value is -1.15. The second-order valence-corrected chi connectivity index (χ2v) is 7.11. The van der Waals surface area contributed by atoms with Gasteiger partial charge >= 0.3 is 5.97 Å². The van der Waals surface area contributed by atoms with Gasteiger partial charge in [0.15, 0.2) is 0 Å². The lowest BCUT2D eigenvalue weighted by Gasteiger charge is -2.21. The van der Waals surface area contributed by atoms with Crippen LogP contribution in [0.1, 0.15) is 32.6 Å². The fourth-order valence-electron chi connectivity index (χ4n) is 2.28. The molecule has 0 aromatic carbocycles. The minimum atomic E-state index is -3.21. The molecule has 0 radical (unpaired) electrons. The van der Waals surface area contributed by atoms with Crippen molar-refractivity contribution >= 4 is 21.9 Å². The monoisotopic (exact) mass is 320 g/mol. The van der Waals surface area contributed by atoms with E-state index in [1.54, 1.807) is 4.90 Å². The van der Waals surface area contributed by atoms with Crippen molar-refractivity contribution in [3.05, 3.63) is 0 Å². The predicted molar refractivity (Wildman–Crippen MR) is 78.1 cm³/mol. The summed E-state index contributed by atoms with van der Waals surface area (Å²) in [4.78, 5) is 24.7. The number of sulfonamides is 1. The Kier molecular flexibility index (Phi) is 7.10. The largest absolute Gasteiger partial charge is 0.469 e. The van der Waals surface area contributed by atoms with Crippen molar-refractivity contribution in [2.75, 3.05) is 39.0 Å². The molecule has 1 aliphatic rings. The molecule has 0 atom stereocenters. The van der Waals surface area contributed by atoms with Crippen LogP contribution in [-0.4, -0.2) is 68.5 Å². The van der Waals surface area contributed by atoms with Gasteiger partial charge in [0.2, 0.25) is 15.9 Å². The third-order valence-electron chi connectivity index (χ3n) is 3.43. The van der Waals surface area contributed by atoms with Gasteiger partial charge in [0.25, 0.3) is 0 Å². The first-order chi connectivity index (χ1) is 9.90. The van der Waals surface area contributed by atoms with E-state index in [9.17, 15) is 18.0 Å². The lowest BCUT2D eigenvalue weighted by atomic mass is 10.2. The maximum absolute atomic E-state index is 12.0. The number of hydrogen-bond donors (Lipinski definition) is 0. The molecule has 0 aromatic rings. The van der Waals surface area contributed by atoms with Crippen LogP contribution < -0.4 is 0 Å². The number of carbonyl (C=O) groups excluding carboxylic acids is 2. The van der Waals surface area contributed by atoms with Gasteiger partial charge in [-0.25, -0.2) is 12.7 Å². The summed E-state index contributed by atoms with van der Waals surface area (Å²) in [6.07, 6.45) is 1.37. The van der Waals surface area contributed by atoms with Crippen molar-refractivity contribution in [2.45, 2.75) is 32.6 Å². The summed E-state index contributed by atoms with van der Waals surface area (Å²) in [5, 5.41) is 0. The SMILES string of the molecule is CCCS(=O)(=O)N1CCCN(C(=O)CCC(=O)OC)CC1. The van der Waals surface area contributed by atoms with Crippen LogP contribution >= 0.6 is 0 Å². The highest BCUT2D eigenvalue weighted by molar-refractivity contribution is 7.89. The molecular weight excluding hydrogens is 296 g/mol. The molecule has 0 aromatic heterocycles. The molecule has 0 spiro atoms. The Bertz CT molecular complexity index is 463. The quantitative estimate of drug-likeness (QED) is 0.653. The van der Waals surface area contributed by atoms with E-state index in [0.717, 1.165) is 0 Å². The number of nitrogens with zero attached hydrogens (tertiary/aromatic N) is 2. The lowest BCUT2D eigenvalue weighted by molar-refractivity contribution is -0.143. The molecule has 0 saturated carbocycles. The molecule has 1 fully saturated rings. The summed E-state index contributed by atoms with van der Waals surface area (Å²) < 4.78 is 30.0. The molecule has 8 heteroatoms. The molecule has 1 amide bonds. The van der Waals surface area contributed by atoms with Gasteiger partial charge in [0.05, 0.1) is 19.3 Å². The number of esters is 1. The molecule has 1 saturated heterocycles. The van der Waals surface area contributed by atoms with Gasteiger partial charge < -0.3 is 9.64 Å². The summed E-state index contributed by atoms with van der Waals surface area (Å²) in [6, 6.07) is 0. The zero-order valence-electron chi connectivity index (χ0n) is 12.7. The highest BCUT2D eigenvalue weighted by Crippen LogP contribution is 2.11. The van der Waals surface area contributed by atoms with Gasteiger partial charge in [0, 0.05) is 32.6 Å². The first-order valence-corrected chi connectivity index (χ1v) is 8.84. The van der Waals surface area contributed by atoms with Crippen molar-refractivity contribution < 1.29 is 22.7 Å². The highest BCUT2D eigenvalue weighted by atomic mass is 32.2. The van der Waals surface area contributed by atoms with Gasteiger partial charge in [0.1, 0.15) is 0 Å². The molecule has 1 rings (SSSR count). The molecule has 0 N–H and O–H groups in total. The number of ether oxygens (including phenoxy) is 1. The first-order valence-electron chi connectivity index (χ1n) is 7.23. The average molecular weight is 320 g/mol. The third kappa shape index (κ3) is 5.62. The molecule has 0 unspecified atom stereocenters. The van der Waals surface area contributed by atoms with E-state index in [2.05, 4.69) is 4.74 Å². The van der Waals surface area contributed by atoms with Crippen molar-refractivity contribution in [1.82, 2.24) is 9.21 Å². The molecule has 0 aliphatic carbocycles. The fraction of sp³-hybridized carbons (Fsp3) is 0.846. The number of methoxy groups -OCH3 is 1. The van der Waals surface area contributed by atoms with Crippen molar-refractivity contribution in [3.63, 3.8) is 0 Å². The van der Waals surface area contributed by atoms with Crippen molar-refractivity contribution in [3.8, 4) is 0 Å². The van der Waals surface area contributed by atoms with E-state index < -0.39 is 16.0 Å². The van der Waals surface area contributed by atoms with Crippen LogP contribution in [0, 0.1) is 0 Å². The van der Waals surface area contributed by atoms with Gasteiger partial charge in [-0.05, 0) is 12.8 Å². The average Bonchev–Trinajstić information content (AvgIpc) is 2.70. The Morgan fingerprint density at radius 3 is 2.43 bits per heavy atom. The highest BCUT2D eigenvalue weighted by Gasteiger charge is 2.26. The second kappa shape index (κ2) is 8.33. The molecule has 0 bridgehead atoms. The molecule has 1 heterocycles. The smallest absolute Gasteiger partial charge is 0.306 e.